The van der Waals surface area contributed by atoms with Crippen LogP contribution in [0.4, 0.5) is 0 Å². The van der Waals surface area contributed by atoms with E-state index in [-0.39, 0.29) is 5.92 Å². The van der Waals surface area contributed by atoms with Gasteiger partial charge in [0.15, 0.2) is 0 Å². The second-order valence-corrected chi connectivity index (χ2v) is 5.32. The molecule has 0 aromatic heterocycles. The van der Waals surface area contributed by atoms with Crippen molar-refractivity contribution in [2.75, 3.05) is 27.3 Å². The Hall–Kier alpha value is -0.570. The van der Waals surface area contributed by atoms with E-state index in [9.17, 15) is 4.79 Å². The number of hydrogen-bond acceptors (Lipinski definition) is 2. The molecule has 3 heteroatoms. The van der Waals surface area contributed by atoms with Gasteiger partial charge in [-0.15, -0.1) is 0 Å². The molecule has 1 saturated heterocycles. The fourth-order valence-electron chi connectivity index (χ4n) is 3.02. The molecule has 0 N–H and O–H groups in total. The van der Waals surface area contributed by atoms with Crippen molar-refractivity contribution in [3.63, 3.8) is 0 Å². The van der Waals surface area contributed by atoms with Crippen LogP contribution in [0.15, 0.2) is 0 Å². The average Bonchev–Trinajstić information content (AvgIpc) is 2.16. The molecule has 4 atom stereocenters. The summed E-state index contributed by atoms with van der Waals surface area (Å²) in [4.78, 5) is 13.7. The third-order valence-electron chi connectivity index (χ3n) is 4.12. The lowest BCUT2D eigenvalue weighted by molar-refractivity contribution is -0.140. The first-order chi connectivity index (χ1) is 7.09. The summed E-state index contributed by atoms with van der Waals surface area (Å²) >= 11 is 0. The van der Waals surface area contributed by atoms with Crippen molar-refractivity contribution in [3.8, 4) is 0 Å². The molecule has 15 heavy (non-hydrogen) atoms. The standard InChI is InChI=1S/C12H21NO2/c1-8-10-4-9(12(14)13(2)3)5-11(8)7-15-6-10/h8-11H,4-7H2,1-3H3/t8-,9+,10+,11-. The van der Waals surface area contributed by atoms with Crippen molar-refractivity contribution in [2.45, 2.75) is 19.8 Å². The Balaban J connectivity index is 2.04. The maximum atomic E-state index is 11.9. The summed E-state index contributed by atoms with van der Waals surface area (Å²) < 4.78 is 5.57. The number of carbonyl (C=O) groups is 1. The number of amides is 1. The van der Waals surface area contributed by atoms with E-state index < -0.39 is 0 Å². The molecule has 0 aromatic carbocycles. The zero-order valence-electron chi connectivity index (χ0n) is 9.90. The predicted octanol–water partition coefficient (Wildman–Crippen LogP) is 1.38. The molecule has 1 amide bonds. The lowest BCUT2D eigenvalue weighted by Crippen LogP contribution is -2.44. The molecule has 3 nitrogen and oxygen atoms in total. The summed E-state index contributed by atoms with van der Waals surface area (Å²) in [6.07, 6.45) is 2.04. The molecule has 0 aromatic rings. The Kier molecular flexibility index (Phi) is 3.01. The molecular formula is C12H21NO2. The van der Waals surface area contributed by atoms with Crippen LogP contribution in [-0.2, 0) is 9.53 Å². The van der Waals surface area contributed by atoms with E-state index >= 15 is 0 Å². The summed E-state index contributed by atoms with van der Waals surface area (Å²) in [7, 11) is 3.71. The Labute approximate surface area is 91.8 Å². The summed E-state index contributed by atoms with van der Waals surface area (Å²) in [5.41, 5.74) is 0. The Morgan fingerprint density at radius 2 is 1.73 bits per heavy atom. The molecule has 1 aliphatic carbocycles. The van der Waals surface area contributed by atoms with Crippen LogP contribution in [0.1, 0.15) is 19.8 Å². The van der Waals surface area contributed by atoms with E-state index in [1.807, 2.05) is 14.1 Å². The van der Waals surface area contributed by atoms with Crippen LogP contribution in [0.25, 0.3) is 0 Å². The van der Waals surface area contributed by atoms with Crippen LogP contribution in [0.3, 0.4) is 0 Å². The topological polar surface area (TPSA) is 29.5 Å². The zero-order chi connectivity index (χ0) is 11.0. The Bertz CT molecular complexity index is 238. The molecule has 0 radical (unpaired) electrons. The zero-order valence-corrected chi connectivity index (χ0v) is 9.90. The highest BCUT2D eigenvalue weighted by Crippen LogP contribution is 2.41. The number of carbonyl (C=O) groups excluding carboxylic acids is 1. The lowest BCUT2D eigenvalue weighted by Gasteiger charge is -2.44. The van der Waals surface area contributed by atoms with Crippen molar-refractivity contribution >= 4 is 5.91 Å². The molecule has 1 heterocycles. The van der Waals surface area contributed by atoms with Crippen molar-refractivity contribution in [1.82, 2.24) is 4.90 Å². The van der Waals surface area contributed by atoms with Gasteiger partial charge in [-0.1, -0.05) is 6.92 Å². The van der Waals surface area contributed by atoms with Gasteiger partial charge in [0.2, 0.25) is 5.91 Å². The van der Waals surface area contributed by atoms with Gasteiger partial charge in [-0.05, 0) is 30.6 Å². The first kappa shape index (κ1) is 10.9. The van der Waals surface area contributed by atoms with Gasteiger partial charge in [0.25, 0.3) is 0 Å². The quantitative estimate of drug-likeness (QED) is 0.656. The van der Waals surface area contributed by atoms with E-state index in [0.717, 1.165) is 32.0 Å². The average molecular weight is 211 g/mol. The minimum atomic E-state index is 0.245. The summed E-state index contributed by atoms with van der Waals surface area (Å²) in [5.74, 6) is 2.50. The van der Waals surface area contributed by atoms with Gasteiger partial charge in [-0.2, -0.15) is 0 Å². The van der Waals surface area contributed by atoms with Crippen LogP contribution in [-0.4, -0.2) is 38.1 Å². The number of hydrogen-bond donors (Lipinski definition) is 0. The van der Waals surface area contributed by atoms with Gasteiger partial charge in [-0.25, -0.2) is 0 Å². The minimum Gasteiger partial charge on any atom is -0.381 e. The normalized spacial score (nSPS) is 39.9. The summed E-state index contributed by atoms with van der Waals surface area (Å²) in [6.45, 7) is 4.03. The molecule has 0 unspecified atom stereocenters. The first-order valence-electron chi connectivity index (χ1n) is 5.88. The van der Waals surface area contributed by atoms with Crippen LogP contribution < -0.4 is 0 Å². The van der Waals surface area contributed by atoms with Crippen LogP contribution in [0.2, 0.25) is 0 Å². The lowest BCUT2D eigenvalue weighted by atomic mass is 9.67. The third kappa shape index (κ3) is 2.03. The van der Waals surface area contributed by atoms with Gasteiger partial charge >= 0.3 is 0 Å². The van der Waals surface area contributed by atoms with Gasteiger partial charge in [0.1, 0.15) is 0 Å². The smallest absolute Gasteiger partial charge is 0.225 e. The van der Waals surface area contributed by atoms with Gasteiger partial charge in [0.05, 0.1) is 0 Å². The second kappa shape index (κ2) is 4.12. The summed E-state index contributed by atoms with van der Waals surface area (Å²) in [6, 6.07) is 0. The van der Waals surface area contributed by atoms with Crippen molar-refractivity contribution < 1.29 is 9.53 Å². The first-order valence-corrected chi connectivity index (χ1v) is 5.88. The van der Waals surface area contributed by atoms with Crippen molar-refractivity contribution in [1.29, 1.82) is 0 Å². The summed E-state index contributed by atoms with van der Waals surface area (Å²) in [5, 5.41) is 0. The molecular weight excluding hydrogens is 190 g/mol. The SMILES string of the molecule is C[C@@H]1[C@@H]2COC[C@H]1C[C@@H](C(=O)N(C)C)C2. The maximum absolute atomic E-state index is 11.9. The Morgan fingerprint density at radius 3 is 2.20 bits per heavy atom. The fraction of sp³-hybridized carbons (Fsp3) is 0.917. The minimum absolute atomic E-state index is 0.245. The van der Waals surface area contributed by atoms with E-state index in [4.69, 9.17) is 4.74 Å². The molecule has 0 spiro atoms. The van der Waals surface area contributed by atoms with Gasteiger partial charge in [0, 0.05) is 33.2 Å². The molecule has 1 saturated carbocycles. The monoisotopic (exact) mass is 211 g/mol. The number of fused-ring (bicyclic) bond motifs is 2. The largest absolute Gasteiger partial charge is 0.381 e. The van der Waals surface area contributed by atoms with Crippen molar-refractivity contribution in [2.24, 2.45) is 23.7 Å². The number of rotatable bonds is 1. The van der Waals surface area contributed by atoms with E-state index in [0.29, 0.717) is 17.7 Å². The molecule has 2 rings (SSSR count). The van der Waals surface area contributed by atoms with Crippen LogP contribution in [0, 0.1) is 23.7 Å². The van der Waals surface area contributed by atoms with Crippen molar-refractivity contribution in [3.05, 3.63) is 0 Å². The van der Waals surface area contributed by atoms with Gasteiger partial charge in [-0.3, -0.25) is 4.79 Å². The third-order valence-corrected chi connectivity index (χ3v) is 4.12. The highest BCUT2D eigenvalue weighted by Gasteiger charge is 2.41. The van der Waals surface area contributed by atoms with Crippen LogP contribution >= 0.6 is 0 Å². The van der Waals surface area contributed by atoms with E-state index in [2.05, 4.69) is 6.92 Å². The van der Waals surface area contributed by atoms with E-state index in [1.54, 1.807) is 4.90 Å². The van der Waals surface area contributed by atoms with E-state index in [1.165, 1.54) is 0 Å². The molecule has 2 bridgehead atoms. The molecule has 86 valence electrons. The van der Waals surface area contributed by atoms with Crippen LogP contribution in [0.5, 0.6) is 0 Å². The fourth-order valence-corrected chi connectivity index (χ4v) is 3.02. The maximum Gasteiger partial charge on any atom is 0.225 e. The number of nitrogens with zero attached hydrogens (tertiary/aromatic N) is 1. The second-order valence-electron chi connectivity index (χ2n) is 5.32. The molecule has 2 aliphatic rings. The number of ether oxygens (including phenoxy) is 1. The molecule has 1 aliphatic heterocycles. The Morgan fingerprint density at radius 1 is 1.20 bits per heavy atom. The molecule has 2 fully saturated rings. The van der Waals surface area contributed by atoms with Gasteiger partial charge < -0.3 is 9.64 Å². The predicted molar refractivity (Wildman–Crippen MR) is 58.4 cm³/mol. The highest BCUT2D eigenvalue weighted by atomic mass is 16.5. The highest BCUT2D eigenvalue weighted by molar-refractivity contribution is 5.78.